The van der Waals surface area contributed by atoms with Gasteiger partial charge in [-0.3, -0.25) is 4.90 Å². The minimum atomic E-state index is -0.234. The van der Waals surface area contributed by atoms with Gasteiger partial charge in [0.2, 0.25) is 0 Å². The van der Waals surface area contributed by atoms with Gasteiger partial charge in [-0.15, -0.1) is 0 Å². The van der Waals surface area contributed by atoms with Crippen LogP contribution in [-0.4, -0.2) is 26.8 Å². The zero-order chi connectivity index (χ0) is 16.8. The Morgan fingerprint density at radius 2 is 1.74 bits per heavy atom. The number of methoxy groups -OCH3 is 2. The number of urea groups is 1. The van der Waals surface area contributed by atoms with E-state index in [1.165, 1.54) is 0 Å². The highest BCUT2D eigenvalue weighted by Crippen LogP contribution is 2.31. The average Bonchev–Trinajstić information content (AvgIpc) is 2.57. The number of anilines is 2. The van der Waals surface area contributed by atoms with E-state index in [1.807, 2.05) is 13.0 Å². The van der Waals surface area contributed by atoms with Crippen LogP contribution in [0.5, 0.6) is 11.5 Å². The molecule has 0 saturated heterocycles. The molecule has 0 heterocycles. The zero-order valence-corrected chi connectivity index (χ0v) is 14.1. The zero-order valence-electron chi connectivity index (χ0n) is 13.3. The highest BCUT2D eigenvalue weighted by Gasteiger charge is 2.16. The third-order valence-corrected chi connectivity index (χ3v) is 3.59. The van der Waals surface area contributed by atoms with E-state index in [2.05, 4.69) is 5.32 Å². The second-order valence-electron chi connectivity index (χ2n) is 4.72. The number of amides is 2. The molecule has 5 nitrogen and oxygen atoms in total. The number of nitrogens with zero attached hydrogens (tertiary/aromatic N) is 1. The number of hydrogen-bond donors (Lipinski definition) is 1. The molecule has 2 rings (SSSR count). The molecule has 0 aliphatic rings. The van der Waals surface area contributed by atoms with Gasteiger partial charge in [0, 0.05) is 29.0 Å². The van der Waals surface area contributed by atoms with Gasteiger partial charge in [0.1, 0.15) is 0 Å². The molecule has 0 aromatic heterocycles. The van der Waals surface area contributed by atoms with E-state index in [4.69, 9.17) is 21.1 Å². The summed E-state index contributed by atoms with van der Waals surface area (Å²) >= 11 is 5.85. The van der Waals surface area contributed by atoms with Crippen LogP contribution in [0.2, 0.25) is 5.02 Å². The Labute approximate surface area is 140 Å². The molecule has 2 amide bonds. The van der Waals surface area contributed by atoms with Crippen molar-refractivity contribution in [3.05, 3.63) is 47.5 Å². The number of halogens is 1. The second-order valence-corrected chi connectivity index (χ2v) is 5.16. The maximum absolute atomic E-state index is 12.5. The van der Waals surface area contributed by atoms with Crippen molar-refractivity contribution in [3.63, 3.8) is 0 Å². The summed E-state index contributed by atoms with van der Waals surface area (Å²) in [4.78, 5) is 14.1. The van der Waals surface area contributed by atoms with Gasteiger partial charge in [0.05, 0.1) is 14.2 Å². The van der Waals surface area contributed by atoms with Crippen LogP contribution in [0.25, 0.3) is 0 Å². The van der Waals surface area contributed by atoms with E-state index in [0.717, 1.165) is 5.69 Å². The number of benzene rings is 2. The van der Waals surface area contributed by atoms with E-state index >= 15 is 0 Å². The first kappa shape index (κ1) is 17.0. The lowest BCUT2D eigenvalue weighted by Gasteiger charge is -2.22. The second kappa shape index (κ2) is 7.74. The van der Waals surface area contributed by atoms with Crippen LogP contribution in [0.3, 0.4) is 0 Å². The molecule has 0 spiro atoms. The van der Waals surface area contributed by atoms with Crippen LogP contribution in [0.1, 0.15) is 6.92 Å². The Morgan fingerprint density at radius 1 is 1.09 bits per heavy atom. The van der Waals surface area contributed by atoms with Crippen LogP contribution in [0, 0.1) is 0 Å². The van der Waals surface area contributed by atoms with Gasteiger partial charge >= 0.3 is 6.03 Å². The monoisotopic (exact) mass is 334 g/mol. The van der Waals surface area contributed by atoms with Gasteiger partial charge in [0.25, 0.3) is 0 Å². The molecule has 0 unspecified atom stereocenters. The number of carbonyl (C=O) groups excluding carboxylic acids is 1. The first-order chi connectivity index (χ1) is 11.1. The summed E-state index contributed by atoms with van der Waals surface area (Å²) < 4.78 is 10.5. The highest BCUT2D eigenvalue weighted by molar-refractivity contribution is 6.30. The maximum Gasteiger partial charge on any atom is 0.326 e. The Kier molecular flexibility index (Phi) is 5.71. The summed E-state index contributed by atoms with van der Waals surface area (Å²) in [5.41, 5.74) is 1.40. The Morgan fingerprint density at radius 3 is 2.30 bits per heavy atom. The maximum atomic E-state index is 12.5. The minimum Gasteiger partial charge on any atom is -0.493 e. The van der Waals surface area contributed by atoms with Gasteiger partial charge in [-0.05, 0) is 43.3 Å². The van der Waals surface area contributed by atoms with Crippen molar-refractivity contribution >= 4 is 29.0 Å². The molecular formula is C17H19ClN2O3. The lowest BCUT2D eigenvalue weighted by Crippen LogP contribution is -2.34. The number of carbonyl (C=O) groups is 1. The molecule has 1 N–H and O–H groups in total. The van der Waals surface area contributed by atoms with Crippen molar-refractivity contribution in [1.82, 2.24) is 0 Å². The Bertz CT molecular complexity index is 674. The van der Waals surface area contributed by atoms with Crippen molar-refractivity contribution in [3.8, 4) is 11.5 Å². The summed E-state index contributed by atoms with van der Waals surface area (Å²) in [6.07, 6.45) is 0. The fraction of sp³-hybridized carbons (Fsp3) is 0.235. The number of rotatable bonds is 5. The topological polar surface area (TPSA) is 50.8 Å². The molecule has 0 saturated carbocycles. The molecule has 0 bridgehead atoms. The first-order valence-electron chi connectivity index (χ1n) is 7.15. The van der Waals surface area contributed by atoms with Crippen LogP contribution < -0.4 is 19.7 Å². The van der Waals surface area contributed by atoms with Gasteiger partial charge in [-0.1, -0.05) is 11.6 Å². The summed E-state index contributed by atoms with van der Waals surface area (Å²) in [6.45, 7) is 2.41. The molecule has 0 radical (unpaired) electrons. The van der Waals surface area contributed by atoms with E-state index in [-0.39, 0.29) is 6.03 Å². The Hall–Kier alpha value is -2.40. The van der Waals surface area contributed by atoms with Gasteiger partial charge in [-0.2, -0.15) is 0 Å². The van der Waals surface area contributed by atoms with E-state index < -0.39 is 0 Å². The largest absolute Gasteiger partial charge is 0.493 e. The molecule has 122 valence electrons. The third kappa shape index (κ3) is 4.07. The fourth-order valence-electron chi connectivity index (χ4n) is 2.16. The molecule has 0 aliphatic carbocycles. The fourth-order valence-corrected chi connectivity index (χ4v) is 2.29. The average molecular weight is 335 g/mol. The molecule has 0 fully saturated rings. The molecule has 2 aromatic rings. The van der Waals surface area contributed by atoms with Crippen molar-refractivity contribution in [2.45, 2.75) is 6.92 Å². The number of nitrogens with one attached hydrogen (secondary N) is 1. The Balaban J connectivity index is 2.21. The lowest BCUT2D eigenvalue weighted by atomic mass is 10.2. The van der Waals surface area contributed by atoms with E-state index in [9.17, 15) is 4.79 Å². The smallest absolute Gasteiger partial charge is 0.326 e. The standard InChI is InChI=1S/C17H19ClN2O3/c1-4-20(14-9-10-15(22-2)16(11-14)23-3)17(21)19-13-7-5-12(18)6-8-13/h5-11H,4H2,1-3H3,(H,19,21). The molecule has 6 heteroatoms. The van der Waals surface area contributed by atoms with Gasteiger partial charge < -0.3 is 14.8 Å². The normalized spacial score (nSPS) is 10.1. The molecule has 0 aliphatic heterocycles. The highest BCUT2D eigenvalue weighted by atomic mass is 35.5. The number of hydrogen-bond acceptors (Lipinski definition) is 3. The third-order valence-electron chi connectivity index (χ3n) is 3.34. The molecular weight excluding hydrogens is 316 g/mol. The van der Waals surface area contributed by atoms with Crippen molar-refractivity contribution in [2.75, 3.05) is 31.0 Å². The summed E-state index contributed by atoms with van der Waals surface area (Å²) in [5, 5.41) is 3.46. The summed E-state index contributed by atoms with van der Waals surface area (Å²) in [5.74, 6) is 1.19. The SMILES string of the molecule is CCN(C(=O)Nc1ccc(Cl)cc1)c1ccc(OC)c(OC)c1. The molecule has 0 atom stereocenters. The van der Waals surface area contributed by atoms with Gasteiger partial charge in [-0.25, -0.2) is 4.79 Å². The van der Waals surface area contributed by atoms with Gasteiger partial charge in [0.15, 0.2) is 11.5 Å². The molecule has 2 aromatic carbocycles. The quantitative estimate of drug-likeness (QED) is 0.880. The summed E-state index contributed by atoms with van der Waals surface area (Å²) in [7, 11) is 3.13. The van der Waals surface area contributed by atoms with E-state index in [0.29, 0.717) is 28.8 Å². The molecule has 23 heavy (non-hydrogen) atoms. The summed E-state index contributed by atoms with van der Waals surface area (Å²) in [6, 6.07) is 12.1. The predicted molar refractivity (Wildman–Crippen MR) is 93.0 cm³/mol. The van der Waals surface area contributed by atoms with Crippen molar-refractivity contribution in [1.29, 1.82) is 0 Å². The lowest BCUT2D eigenvalue weighted by molar-refractivity contribution is 0.257. The number of ether oxygens (including phenoxy) is 2. The van der Waals surface area contributed by atoms with Crippen LogP contribution in [0.4, 0.5) is 16.2 Å². The van der Waals surface area contributed by atoms with E-state index in [1.54, 1.807) is 55.5 Å². The van der Waals surface area contributed by atoms with Crippen LogP contribution >= 0.6 is 11.6 Å². The van der Waals surface area contributed by atoms with Crippen LogP contribution in [0.15, 0.2) is 42.5 Å². The van der Waals surface area contributed by atoms with Crippen molar-refractivity contribution in [2.24, 2.45) is 0 Å². The predicted octanol–water partition coefficient (Wildman–Crippen LogP) is 4.42. The van der Waals surface area contributed by atoms with Crippen molar-refractivity contribution < 1.29 is 14.3 Å². The van der Waals surface area contributed by atoms with Crippen LogP contribution in [-0.2, 0) is 0 Å². The first-order valence-corrected chi connectivity index (χ1v) is 7.53. The minimum absolute atomic E-state index is 0.234.